The number of aliphatic imine (C=N–C) groups is 2. The lowest BCUT2D eigenvalue weighted by Crippen LogP contribution is -2.61. The first-order valence-corrected chi connectivity index (χ1v) is 10.0. The van der Waals surface area contributed by atoms with E-state index in [1.807, 2.05) is 43.2 Å². The van der Waals surface area contributed by atoms with Crippen LogP contribution in [0.25, 0.3) is 5.57 Å². The van der Waals surface area contributed by atoms with Crippen LogP contribution in [0, 0.1) is 0 Å². The molecule has 6 heteroatoms. The van der Waals surface area contributed by atoms with E-state index in [0.717, 1.165) is 24.2 Å². The maximum atomic E-state index is 13.8. The monoisotopic (exact) mass is 403 g/mol. The van der Waals surface area contributed by atoms with E-state index in [2.05, 4.69) is 15.0 Å². The van der Waals surface area contributed by atoms with E-state index in [1.165, 1.54) is 6.42 Å². The molecule has 1 aliphatic carbocycles. The van der Waals surface area contributed by atoms with Gasteiger partial charge in [0, 0.05) is 0 Å². The van der Waals surface area contributed by atoms with Gasteiger partial charge >= 0.3 is 0 Å². The fourth-order valence-corrected chi connectivity index (χ4v) is 4.21. The number of allylic oxidation sites excluding steroid dienone is 1. The van der Waals surface area contributed by atoms with Crippen molar-refractivity contribution in [3.05, 3.63) is 96.1 Å². The van der Waals surface area contributed by atoms with Crippen LogP contribution in [-0.2, 0) is 0 Å². The molecule has 150 valence electrons. The summed E-state index contributed by atoms with van der Waals surface area (Å²) in [6, 6.07) is 16.5. The number of fused-ring (bicyclic) bond motifs is 1. The number of halogens is 2. The van der Waals surface area contributed by atoms with E-state index in [0.29, 0.717) is 21.8 Å². The summed E-state index contributed by atoms with van der Waals surface area (Å²) in [6.45, 7) is 0. The average molecular weight is 403 g/mol. The maximum absolute atomic E-state index is 13.8. The molecule has 0 N–H and O–H groups in total. The molecule has 0 aromatic heterocycles. The van der Waals surface area contributed by atoms with Gasteiger partial charge in [0.15, 0.2) is 6.20 Å². The first kappa shape index (κ1) is 18.6. The number of hydrogen-bond acceptors (Lipinski definition) is 3. The van der Waals surface area contributed by atoms with Gasteiger partial charge in [0.05, 0.1) is 35.9 Å². The van der Waals surface area contributed by atoms with Gasteiger partial charge in [-0.3, -0.25) is 4.99 Å². The van der Waals surface area contributed by atoms with E-state index >= 15 is 0 Å². The van der Waals surface area contributed by atoms with Crippen LogP contribution in [0.3, 0.4) is 0 Å². The van der Waals surface area contributed by atoms with Gasteiger partial charge in [0.25, 0.3) is 6.08 Å². The summed E-state index contributed by atoms with van der Waals surface area (Å²) in [4.78, 5) is 8.64. The van der Waals surface area contributed by atoms with Gasteiger partial charge < -0.3 is 0 Å². The molecule has 1 fully saturated rings. The molecule has 0 amide bonds. The summed E-state index contributed by atoms with van der Waals surface area (Å²) in [5.41, 5.74) is 2.91. The molecule has 3 aliphatic rings. The van der Waals surface area contributed by atoms with E-state index < -0.39 is 6.08 Å². The van der Waals surface area contributed by atoms with E-state index in [4.69, 9.17) is 0 Å². The van der Waals surface area contributed by atoms with Crippen molar-refractivity contribution in [3.8, 4) is 0 Å². The highest BCUT2D eigenvalue weighted by atomic mass is 19.3. The van der Waals surface area contributed by atoms with Crippen molar-refractivity contribution in [2.24, 2.45) is 9.98 Å². The number of hydrogen-bond donors (Lipinski definition) is 0. The second-order valence-corrected chi connectivity index (χ2v) is 7.61. The molecule has 30 heavy (non-hydrogen) atoms. The maximum Gasteiger partial charge on any atom is 0.278 e. The minimum Gasteiger partial charge on any atom is -0.253 e. The Morgan fingerprint density at radius 3 is 2.33 bits per heavy atom. The van der Waals surface area contributed by atoms with Crippen molar-refractivity contribution in [2.75, 3.05) is 5.01 Å². The third kappa shape index (κ3) is 3.00. The summed E-state index contributed by atoms with van der Waals surface area (Å²) in [7, 11) is 0. The molecule has 1 unspecified atom stereocenters. The van der Waals surface area contributed by atoms with Gasteiger partial charge in [0.1, 0.15) is 0 Å². The second kappa shape index (κ2) is 7.46. The van der Waals surface area contributed by atoms with E-state index in [9.17, 15) is 8.78 Å². The molecule has 2 heterocycles. The summed E-state index contributed by atoms with van der Waals surface area (Å²) >= 11 is 0. The Labute approximate surface area is 174 Å². The van der Waals surface area contributed by atoms with Crippen LogP contribution in [0.2, 0.25) is 0 Å². The van der Waals surface area contributed by atoms with Gasteiger partial charge in [-0.25, -0.2) is 10.0 Å². The topological polar surface area (TPSA) is 28.0 Å². The number of benzene rings is 2. The molecule has 0 radical (unpaired) electrons. The highest BCUT2D eigenvalue weighted by molar-refractivity contribution is 5.83. The highest BCUT2D eigenvalue weighted by Gasteiger charge is 2.46. The van der Waals surface area contributed by atoms with E-state index in [1.54, 1.807) is 42.6 Å². The van der Waals surface area contributed by atoms with Crippen LogP contribution in [0.4, 0.5) is 14.5 Å². The second-order valence-electron chi connectivity index (χ2n) is 7.61. The Hall–Kier alpha value is -3.38. The molecule has 2 aliphatic heterocycles. The Balaban J connectivity index is 1.54. The normalized spacial score (nSPS) is 21.7. The molecule has 2 aromatic rings. The molecule has 1 atom stereocenters. The Kier molecular flexibility index (Phi) is 4.64. The zero-order valence-corrected chi connectivity index (χ0v) is 16.3. The molecule has 4 nitrogen and oxygen atoms in total. The fraction of sp³-hybridized carbons (Fsp3) is 0.167. The number of anilines is 1. The van der Waals surface area contributed by atoms with Gasteiger partial charge in [-0.15, -0.1) is 4.59 Å². The standard InChI is InChI=1S/C24H21F2N4/c25-24(26)23(18-5-2-1-3-6-18)19-9-11-21(12-10-19)29(20-7-4-8-20)30-14-13-27-15-22(30)16-28-17-30/h1-3,5-6,9-17,20H,4,7-8H2/q+1. The van der Waals surface area contributed by atoms with Gasteiger partial charge in [0.2, 0.25) is 12.0 Å². The predicted molar refractivity (Wildman–Crippen MR) is 116 cm³/mol. The summed E-state index contributed by atoms with van der Waals surface area (Å²) < 4.78 is 28.0. The third-order valence-electron chi connectivity index (χ3n) is 5.90. The molecule has 0 bridgehead atoms. The Morgan fingerprint density at radius 2 is 1.67 bits per heavy atom. The lowest BCUT2D eigenvalue weighted by molar-refractivity contribution is -0.746. The first-order valence-electron chi connectivity index (χ1n) is 10.0. The Morgan fingerprint density at radius 1 is 0.933 bits per heavy atom. The SMILES string of the molecule is FC(F)=C(c1ccccc1)c1ccc(N(C2CCC2)[N+]23C=CN=CC2=CN=C3)cc1. The zero-order chi connectivity index (χ0) is 20.6. The largest absolute Gasteiger partial charge is 0.278 e. The smallest absolute Gasteiger partial charge is 0.253 e. The van der Waals surface area contributed by atoms with Crippen molar-refractivity contribution in [3.63, 3.8) is 0 Å². The summed E-state index contributed by atoms with van der Waals surface area (Å²) in [6.07, 6.45) is 11.0. The number of nitrogens with zero attached hydrogens (tertiary/aromatic N) is 4. The average Bonchev–Trinajstić information content (AvgIpc) is 3.17. The van der Waals surface area contributed by atoms with Gasteiger partial charge in [-0.05, 0) is 42.5 Å². The minimum atomic E-state index is -1.68. The third-order valence-corrected chi connectivity index (χ3v) is 5.90. The van der Waals surface area contributed by atoms with Crippen molar-refractivity contribution >= 4 is 23.8 Å². The molecule has 2 aromatic carbocycles. The molecule has 0 saturated heterocycles. The van der Waals surface area contributed by atoms with Crippen LogP contribution in [0.1, 0.15) is 30.4 Å². The quantitative estimate of drug-likeness (QED) is 0.574. The van der Waals surface area contributed by atoms with Crippen molar-refractivity contribution in [2.45, 2.75) is 25.3 Å². The van der Waals surface area contributed by atoms with Crippen LogP contribution >= 0.6 is 0 Å². The highest BCUT2D eigenvalue weighted by Crippen LogP contribution is 2.40. The fourth-order valence-electron chi connectivity index (χ4n) is 4.21. The van der Waals surface area contributed by atoms with Gasteiger partial charge in [-0.1, -0.05) is 42.5 Å². The summed E-state index contributed by atoms with van der Waals surface area (Å²) in [5.74, 6) is 0. The molecule has 5 rings (SSSR count). The lowest BCUT2D eigenvalue weighted by atomic mass is 9.91. The summed E-state index contributed by atoms with van der Waals surface area (Å²) in [5, 5.41) is 2.30. The number of quaternary nitrogens is 1. The minimum absolute atomic E-state index is 0.0299. The number of rotatable bonds is 5. The molecule has 1 saturated carbocycles. The molecule has 0 spiro atoms. The molecular formula is C24H21F2N4+. The van der Waals surface area contributed by atoms with Crippen LogP contribution in [0.5, 0.6) is 0 Å². The van der Waals surface area contributed by atoms with Crippen molar-refractivity contribution in [1.29, 1.82) is 0 Å². The Bertz CT molecular complexity index is 1090. The predicted octanol–water partition coefficient (Wildman–Crippen LogP) is 5.87. The molecular weight excluding hydrogens is 382 g/mol. The van der Waals surface area contributed by atoms with Crippen LogP contribution in [-0.4, -0.2) is 23.2 Å². The van der Waals surface area contributed by atoms with Crippen molar-refractivity contribution in [1.82, 2.24) is 0 Å². The van der Waals surface area contributed by atoms with Crippen LogP contribution in [0.15, 0.2) is 95.0 Å². The zero-order valence-electron chi connectivity index (χ0n) is 16.3. The van der Waals surface area contributed by atoms with Gasteiger partial charge in [-0.2, -0.15) is 8.78 Å². The lowest BCUT2D eigenvalue weighted by Gasteiger charge is -2.46. The first-order chi connectivity index (χ1) is 14.7. The van der Waals surface area contributed by atoms with E-state index in [-0.39, 0.29) is 5.57 Å². The van der Waals surface area contributed by atoms with Crippen LogP contribution < -0.4 is 5.01 Å². The van der Waals surface area contributed by atoms with Crippen molar-refractivity contribution < 1.29 is 13.4 Å².